The minimum absolute atomic E-state index is 0.929. The Morgan fingerprint density at radius 3 is 1.07 bits per heavy atom. The fraction of sp³-hybridized carbons (Fsp3) is 0. The smallest absolute Gasteiger partial charge is 0.137 e. The van der Waals surface area contributed by atoms with Crippen LogP contribution in [-0.4, -0.2) is 9.38 Å². The number of pyridine rings is 1. The van der Waals surface area contributed by atoms with E-state index in [9.17, 15) is 0 Å². The fourth-order valence-electron chi connectivity index (χ4n) is 10.2. The average molecular weight is 747 g/mol. The lowest BCUT2D eigenvalue weighted by Gasteiger charge is -2.19. The lowest BCUT2D eigenvalue weighted by Crippen LogP contribution is -1.92. The van der Waals surface area contributed by atoms with E-state index in [2.05, 4.69) is 211 Å². The number of imidazole rings is 1. The molecule has 2 nitrogen and oxygen atoms in total. The van der Waals surface area contributed by atoms with E-state index in [0.29, 0.717) is 0 Å². The maximum Gasteiger partial charge on any atom is 0.137 e. The number of hydrogen-bond acceptors (Lipinski definition) is 1. The normalized spacial score (nSPS) is 12.1. The van der Waals surface area contributed by atoms with Crippen LogP contribution in [0.1, 0.15) is 0 Å². The highest BCUT2D eigenvalue weighted by atomic mass is 15.0. The van der Waals surface area contributed by atoms with Gasteiger partial charge in [-0.1, -0.05) is 152 Å². The zero-order valence-electron chi connectivity index (χ0n) is 32.0. The molecule has 0 fully saturated rings. The first kappa shape index (κ1) is 32.3. The van der Waals surface area contributed by atoms with Gasteiger partial charge in [-0.3, -0.25) is 0 Å². The lowest BCUT2D eigenvalue weighted by atomic mass is 9.85. The van der Waals surface area contributed by atoms with E-state index in [0.717, 1.165) is 28.0 Å². The Balaban J connectivity index is 1.17. The molecule has 2 heteroatoms. The third-order valence-corrected chi connectivity index (χ3v) is 12.7. The Kier molecular flexibility index (Phi) is 6.76. The van der Waals surface area contributed by atoms with E-state index >= 15 is 0 Å². The topological polar surface area (TPSA) is 17.3 Å². The van der Waals surface area contributed by atoms with Gasteiger partial charge in [-0.2, -0.15) is 0 Å². The molecule has 0 unspecified atom stereocenters. The number of aromatic nitrogens is 2. The standard InChI is InChI=1S/C57H34N2/c1-3-19-42-38(15-1)40-17-5-9-23-46(40)56-48-25-11-7-21-44(48)50(32-52(42)56)35-29-36(31-37(30-35)54-34-59-28-14-13-27-55(59)58-54)51-33-53-43-20-4-2-16-39(43)41-18-6-10-24-47(41)57(53)49-26-12-8-22-45(49)51/h1-34H. The molecule has 0 saturated heterocycles. The Morgan fingerprint density at radius 1 is 0.288 bits per heavy atom. The molecule has 0 aliphatic heterocycles. The number of fused-ring (bicyclic) bond motifs is 17. The highest BCUT2D eigenvalue weighted by Gasteiger charge is 2.20. The van der Waals surface area contributed by atoms with Crippen molar-refractivity contribution in [2.75, 3.05) is 0 Å². The number of benzene rings is 11. The van der Waals surface area contributed by atoms with Crippen molar-refractivity contribution in [3.63, 3.8) is 0 Å². The van der Waals surface area contributed by atoms with Gasteiger partial charge in [0.15, 0.2) is 0 Å². The molecule has 0 amide bonds. The summed E-state index contributed by atoms with van der Waals surface area (Å²) in [5.74, 6) is 0. The molecule has 13 rings (SSSR count). The highest BCUT2D eigenvalue weighted by Crippen LogP contribution is 2.47. The summed E-state index contributed by atoms with van der Waals surface area (Å²) >= 11 is 0. The Bertz CT molecular complexity index is 3660. The van der Waals surface area contributed by atoms with E-state index in [-0.39, 0.29) is 0 Å². The van der Waals surface area contributed by atoms with Gasteiger partial charge in [0.2, 0.25) is 0 Å². The van der Waals surface area contributed by atoms with Gasteiger partial charge in [-0.15, -0.1) is 0 Å². The first-order chi connectivity index (χ1) is 29.3. The van der Waals surface area contributed by atoms with Gasteiger partial charge < -0.3 is 4.40 Å². The van der Waals surface area contributed by atoms with Crippen molar-refractivity contribution in [2.24, 2.45) is 0 Å². The molecule has 13 aromatic rings. The van der Waals surface area contributed by atoms with Crippen LogP contribution < -0.4 is 0 Å². The van der Waals surface area contributed by atoms with Crippen molar-refractivity contribution in [1.29, 1.82) is 0 Å². The van der Waals surface area contributed by atoms with Crippen molar-refractivity contribution < 1.29 is 0 Å². The maximum atomic E-state index is 5.19. The number of hydrogen-bond donors (Lipinski definition) is 0. The summed E-state index contributed by atoms with van der Waals surface area (Å²) in [7, 11) is 0. The van der Waals surface area contributed by atoms with Crippen molar-refractivity contribution in [3.05, 3.63) is 207 Å². The van der Waals surface area contributed by atoms with Gasteiger partial charge in [0.1, 0.15) is 5.65 Å². The first-order valence-electron chi connectivity index (χ1n) is 20.4. The molecule has 0 aliphatic carbocycles. The van der Waals surface area contributed by atoms with Gasteiger partial charge in [-0.25, -0.2) is 4.98 Å². The van der Waals surface area contributed by atoms with Crippen LogP contribution in [-0.2, 0) is 0 Å². The molecule has 0 spiro atoms. The zero-order chi connectivity index (χ0) is 38.6. The fourth-order valence-corrected chi connectivity index (χ4v) is 10.2. The first-order valence-corrected chi connectivity index (χ1v) is 20.4. The second-order valence-electron chi connectivity index (χ2n) is 15.9. The van der Waals surface area contributed by atoms with Gasteiger partial charge in [0.25, 0.3) is 0 Å². The van der Waals surface area contributed by atoms with Crippen LogP contribution in [0.2, 0.25) is 0 Å². The molecular weight excluding hydrogens is 713 g/mol. The van der Waals surface area contributed by atoms with Gasteiger partial charge >= 0.3 is 0 Å². The lowest BCUT2D eigenvalue weighted by molar-refractivity contribution is 1.19. The van der Waals surface area contributed by atoms with E-state index in [1.54, 1.807) is 0 Å². The minimum atomic E-state index is 0.929. The van der Waals surface area contributed by atoms with Crippen molar-refractivity contribution in [2.45, 2.75) is 0 Å². The summed E-state index contributed by atoms with van der Waals surface area (Å²) in [5.41, 5.74) is 7.71. The highest BCUT2D eigenvalue weighted by molar-refractivity contribution is 6.34. The maximum absolute atomic E-state index is 5.19. The predicted molar refractivity (Wildman–Crippen MR) is 252 cm³/mol. The van der Waals surface area contributed by atoms with Gasteiger partial charge in [0.05, 0.1) is 5.69 Å². The molecule has 59 heavy (non-hydrogen) atoms. The molecular formula is C57H34N2. The zero-order valence-corrected chi connectivity index (χ0v) is 32.0. The molecule has 0 atom stereocenters. The second kappa shape index (κ2) is 12.3. The molecule has 11 aromatic carbocycles. The Morgan fingerprint density at radius 2 is 0.627 bits per heavy atom. The quantitative estimate of drug-likeness (QED) is 0.165. The molecule has 0 aliphatic rings. The minimum Gasteiger partial charge on any atom is -0.306 e. The molecule has 0 bridgehead atoms. The SMILES string of the molecule is c1ccc2c(c1)c(-c1cc(-c3cn4ccccc4n3)cc(-c3cc4c5ccccc5c5ccccc5c4c4ccccc34)c1)cc1c3ccccc3c3ccccc3c21. The van der Waals surface area contributed by atoms with Crippen LogP contribution in [0.25, 0.3) is 125 Å². The van der Waals surface area contributed by atoms with Crippen LogP contribution in [0.3, 0.4) is 0 Å². The van der Waals surface area contributed by atoms with Crippen LogP contribution in [0.4, 0.5) is 0 Å². The summed E-state index contributed by atoms with van der Waals surface area (Å²) in [6, 6.07) is 71.7. The average Bonchev–Trinajstić information content (AvgIpc) is 3.76. The van der Waals surface area contributed by atoms with E-state index in [4.69, 9.17) is 4.98 Å². The summed E-state index contributed by atoms with van der Waals surface area (Å²) in [5, 5.41) is 20.4. The number of nitrogens with zero attached hydrogens (tertiary/aromatic N) is 2. The van der Waals surface area contributed by atoms with E-state index in [1.165, 1.54) is 97.3 Å². The largest absolute Gasteiger partial charge is 0.306 e. The third kappa shape index (κ3) is 4.72. The molecule has 0 N–H and O–H groups in total. The Labute approximate surface area is 339 Å². The van der Waals surface area contributed by atoms with Crippen molar-refractivity contribution >= 4 is 91.8 Å². The molecule has 2 heterocycles. The van der Waals surface area contributed by atoms with E-state index in [1.807, 2.05) is 0 Å². The van der Waals surface area contributed by atoms with Crippen LogP contribution in [0.15, 0.2) is 207 Å². The summed E-state index contributed by atoms with van der Waals surface area (Å²) < 4.78 is 2.12. The van der Waals surface area contributed by atoms with Gasteiger partial charge in [-0.05, 0) is 151 Å². The number of rotatable bonds is 3. The van der Waals surface area contributed by atoms with E-state index < -0.39 is 0 Å². The summed E-state index contributed by atoms with van der Waals surface area (Å²) in [6.07, 6.45) is 4.24. The summed E-state index contributed by atoms with van der Waals surface area (Å²) in [6.45, 7) is 0. The Hall–Kier alpha value is -7.81. The predicted octanol–water partition coefficient (Wildman–Crippen LogP) is 15.6. The van der Waals surface area contributed by atoms with Gasteiger partial charge in [0, 0.05) is 18.0 Å². The molecule has 2 aromatic heterocycles. The second-order valence-corrected chi connectivity index (χ2v) is 15.9. The monoisotopic (exact) mass is 746 g/mol. The summed E-state index contributed by atoms with van der Waals surface area (Å²) in [4.78, 5) is 5.19. The van der Waals surface area contributed by atoms with Crippen molar-refractivity contribution in [1.82, 2.24) is 9.38 Å². The van der Waals surface area contributed by atoms with Crippen LogP contribution in [0, 0.1) is 0 Å². The third-order valence-electron chi connectivity index (χ3n) is 12.7. The molecule has 272 valence electrons. The molecule has 0 saturated carbocycles. The van der Waals surface area contributed by atoms with Crippen LogP contribution >= 0.6 is 0 Å². The molecule has 0 radical (unpaired) electrons. The van der Waals surface area contributed by atoms with Crippen molar-refractivity contribution in [3.8, 4) is 33.5 Å². The van der Waals surface area contributed by atoms with Crippen LogP contribution in [0.5, 0.6) is 0 Å².